The second-order valence-corrected chi connectivity index (χ2v) is 10.9. The minimum atomic E-state index is -3.82. The highest BCUT2D eigenvalue weighted by molar-refractivity contribution is 7.92. The standard InChI is InChI=1S/C28H35N3O5S/c1-5-6-17-29-28(33)21(2)30(19-22-11-9-14-24(18-22)36-3)27(32)20-31(37(4,34)35)26-16-10-13-23-12-7-8-15-25(23)26/h7-16,18,21H,5-6,17,19-20H2,1-4H3,(H,29,33)/t21-/m1/s1. The van der Waals surface area contributed by atoms with Gasteiger partial charge in [-0.3, -0.25) is 13.9 Å². The van der Waals surface area contributed by atoms with Crippen LogP contribution in [0.1, 0.15) is 32.3 Å². The van der Waals surface area contributed by atoms with Gasteiger partial charge in [0, 0.05) is 18.5 Å². The first-order chi connectivity index (χ1) is 17.7. The third-order valence-electron chi connectivity index (χ3n) is 6.20. The monoisotopic (exact) mass is 525 g/mol. The van der Waals surface area contributed by atoms with Crippen molar-refractivity contribution in [1.82, 2.24) is 10.2 Å². The molecule has 0 saturated heterocycles. The Balaban J connectivity index is 1.96. The van der Waals surface area contributed by atoms with E-state index in [2.05, 4.69) is 5.32 Å². The summed E-state index contributed by atoms with van der Waals surface area (Å²) in [6.45, 7) is 3.87. The van der Waals surface area contributed by atoms with E-state index in [1.807, 2.05) is 49.4 Å². The lowest BCUT2D eigenvalue weighted by atomic mass is 10.1. The number of nitrogens with zero attached hydrogens (tertiary/aromatic N) is 2. The van der Waals surface area contributed by atoms with E-state index in [9.17, 15) is 18.0 Å². The predicted octanol–water partition coefficient (Wildman–Crippen LogP) is 3.95. The van der Waals surface area contributed by atoms with Crippen LogP contribution in [0, 0.1) is 0 Å². The molecule has 3 rings (SSSR count). The van der Waals surface area contributed by atoms with Gasteiger partial charge in [-0.1, -0.05) is 61.9 Å². The van der Waals surface area contributed by atoms with Crippen molar-refractivity contribution in [3.63, 3.8) is 0 Å². The number of amides is 2. The summed E-state index contributed by atoms with van der Waals surface area (Å²) in [5, 5.41) is 4.45. The number of unbranched alkanes of at least 4 members (excludes halogenated alkanes) is 1. The molecule has 198 valence electrons. The van der Waals surface area contributed by atoms with Gasteiger partial charge in [-0.25, -0.2) is 8.42 Å². The molecular weight excluding hydrogens is 490 g/mol. The lowest BCUT2D eigenvalue weighted by molar-refractivity contribution is -0.139. The molecule has 1 atom stereocenters. The Bertz CT molecular complexity index is 1340. The molecule has 0 spiro atoms. The zero-order chi connectivity index (χ0) is 27.0. The van der Waals surface area contributed by atoms with Crippen LogP contribution >= 0.6 is 0 Å². The number of anilines is 1. The molecule has 8 nitrogen and oxygen atoms in total. The number of rotatable bonds is 12. The van der Waals surface area contributed by atoms with Crippen molar-refractivity contribution < 1.29 is 22.7 Å². The van der Waals surface area contributed by atoms with E-state index in [1.54, 1.807) is 38.3 Å². The van der Waals surface area contributed by atoms with Crippen molar-refractivity contribution in [1.29, 1.82) is 0 Å². The van der Waals surface area contributed by atoms with Crippen molar-refractivity contribution in [3.8, 4) is 5.75 Å². The molecule has 37 heavy (non-hydrogen) atoms. The third kappa shape index (κ3) is 7.22. The maximum Gasteiger partial charge on any atom is 0.244 e. The molecule has 3 aromatic rings. The number of carbonyl (C=O) groups excluding carboxylic acids is 2. The minimum Gasteiger partial charge on any atom is -0.497 e. The normalized spacial score (nSPS) is 12.1. The van der Waals surface area contributed by atoms with Crippen LogP contribution in [0.5, 0.6) is 5.75 Å². The number of fused-ring (bicyclic) bond motifs is 1. The molecule has 0 saturated carbocycles. The minimum absolute atomic E-state index is 0.117. The molecular formula is C28H35N3O5S. The predicted molar refractivity (Wildman–Crippen MR) is 147 cm³/mol. The van der Waals surface area contributed by atoms with Gasteiger partial charge in [-0.15, -0.1) is 0 Å². The Kier molecular flexibility index (Phi) is 9.52. The second-order valence-electron chi connectivity index (χ2n) is 8.96. The molecule has 0 heterocycles. The van der Waals surface area contributed by atoms with Gasteiger partial charge < -0.3 is 15.0 Å². The lowest BCUT2D eigenvalue weighted by Crippen LogP contribution is -2.51. The molecule has 2 amide bonds. The molecule has 0 aliphatic carbocycles. The summed E-state index contributed by atoms with van der Waals surface area (Å²) in [7, 11) is -2.26. The molecule has 3 aromatic carbocycles. The van der Waals surface area contributed by atoms with Crippen LogP contribution < -0.4 is 14.4 Å². The molecule has 9 heteroatoms. The van der Waals surface area contributed by atoms with E-state index in [1.165, 1.54) is 4.90 Å². The topological polar surface area (TPSA) is 96.0 Å². The second kappa shape index (κ2) is 12.6. The molecule has 0 bridgehead atoms. The molecule has 0 radical (unpaired) electrons. The fourth-order valence-electron chi connectivity index (χ4n) is 4.11. The summed E-state index contributed by atoms with van der Waals surface area (Å²) in [5.41, 5.74) is 1.17. The zero-order valence-corrected chi connectivity index (χ0v) is 22.6. The average Bonchev–Trinajstić information content (AvgIpc) is 2.89. The highest BCUT2D eigenvalue weighted by Gasteiger charge is 2.30. The summed E-state index contributed by atoms with van der Waals surface area (Å²) < 4.78 is 32.2. The molecule has 0 unspecified atom stereocenters. The van der Waals surface area contributed by atoms with Crippen molar-refractivity contribution in [2.45, 2.75) is 39.3 Å². The van der Waals surface area contributed by atoms with Crippen LogP contribution in [0.3, 0.4) is 0 Å². The first-order valence-electron chi connectivity index (χ1n) is 12.3. The van der Waals surface area contributed by atoms with Crippen LogP contribution in [0.2, 0.25) is 0 Å². The first kappa shape index (κ1) is 28.0. The third-order valence-corrected chi connectivity index (χ3v) is 7.32. The summed E-state index contributed by atoms with van der Waals surface area (Å²) in [5.74, 6) is -0.154. The molecule has 1 N–H and O–H groups in total. The van der Waals surface area contributed by atoms with E-state index in [4.69, 9.17) is 4.74 Å². The molecule has 0 fully saturated rings. The van der Waals surface area contributed by atoms with Crippen LogP contribution in [-0.4, -0.2) is 57.6 Å². The van der Waals surface area contributed by atoms with E-state index in [0.717, 1.165) is 34.4 Å². The van der Waals surface area contributed by atoms with Crippen LogP contribution in [0.4, 0.5) is 5.69 Å². The van der Waals surface area contributed by atoms with Gasteiger partial charge >= 0.3 is 0 Å². The van der Waals surface area contributed by atoms with Gasteiger partial charge in [0.05, 0.1) is 19.1 Å². The quantitative estimate of drug-likeness (QED) is 0.361. The van der Waals surface area contributed by atoms with E-state index < -0.39 is 28.5 Å². The van der Waals surface area contributed by atoms with Crippen LogP contribution in [0.25, 0.3) is 10.8 Å². The maximum absolute atomic E-state index is 13.8. The summed E-state index contributed by atoms with van der Waals surface area (Å²) in [6, 6.07) is 19.2. The van der Waals surface area contributed by atoms with E-state index >= 15 is 0 Å². The number of carbonyl (C=O) groups is 2. The van der Waals surface area contributed by atoms with Crippen molar-refractivity contribution in [2.24, 2.45) is 0 Å². The van der Waals surface area contributed by atoms with Gasteiger partial charge in [0.1, 0.15) is 18.3 Å². The number of nitrogens with one attached hydrogen (secondary N) is 1. The lowest BCUT2D eigenvalue weighted by Gasteiger charge is -2.32. The molecule has 0 aromatic heterocycles. The Hall–Kier alpha value is -3.59. The van der Waals surface area contributed by atoms with Crippen molar-refractivity contribution >= 4 is 38.3 Å². The maximum atomic E-state index is 13.8. The SMILES string of the molecule is CCCCNC(=O)[C@@H](C)N(Cc1cccc(OC)c1)C(=O)CN(c1cccc2ccccc12)S(C)(=O)=O. The zero-order valence-electron chi connectivity index (χ0n) is 21.8. The summed E-state index contributed by atoms with van der Waals surface area (Å²) >= 11 is 0. The highest BCUT2D eigenvalue weighted by Crippen LogP contribution is 2.28. The van der Waals surface area contributed by atoms with Gasteiger partial charge in [0.25, 0.3) is 0 Å². The number of hydrogen-bond donors (Lipinski definition) is 1. The number of benzene rings is 3. The van der Waals surface area contributed by atoms with Gasteiger partial charge in [0.15, 0.2) is 0 Å². The van der Waals surface area contributed by atoms with Crippen LogP contribution in [-0.2, 0) is 26.2 Å². The first-order valence-corrected chi connectivity index (χ1v) is 14.2. The van der Waals surface area contributed by atoms with Gasteiger partial charge in [-0.2, -0.15) is 0 Å². The molecule has 0 aliphatic rings. The van der Waals surface area contributed by atoms with Crippen molar-refractivity contribution in [2.75, 3.05) is 30.8 Å². The fraction of sp³-hybridized carbons (Fsp3) is 0.357. The highest BCUT2D eigenvalue weighted by atomic mass is 32.2. The summed E-state index contributed by atoms with van der Waals surface area (Å²) in [4.78, 5) is 28.1. The van der Waals surface area contributed by atoms with Crippen LogP contribution in [0.15, 0.2) is 66.7 Å². The number of methoxy groups -OCH3 is 1. The fourth-order valence-corrected chi connectivity index (χ4v) is 4.97. The Morgan fingerprint density at radius 2 is 1.73 bits per heavy atom. The Labute approximate surface area is 219 Å². The summed E-state index contributed by atoms with van der Waals surface area (Å²) in [6.07, 6.45) is 2.83. The Morgan fingerprint density at radius 1 is 1.03 bits per heavy atom. The van der Waals surface area contributed by atoms with Gasteiger partial charge in [0.2, 0.25) is 21.8 Å². The van der Waals surface area contributed by atoms with Crippen molar-refractivity contribution in [3.05, 3.63) is 72.3 Å². The average molecular weight is 526 g/mol. The largest absolute Gasteiger partial charge is 0.497 e. The number of hydrogen-bond acceptors (Lipinski definition) is 5. The smallest absolute Gasteiger partial charge is 0.244 e. The number of ether oxygens (including phenoxy) is 1. The van der Waals surface area contributed by atoms with E-state index in [0.29, 0.717) is 23.4 Å². The molecule has 0 aliphatic heterocycles. The van der Waals surface area contributed by atoms with Gasteiger partial charge in [-0.05, 0) is 42.5 Å². The number of sulfonamides is 1. The Morgan fingerprint density at radius 3 is 2.43 bits per heavy atom. The van der Waals surface area contributed by atoms with E-state index in [-0.39, 0.29) is 12.5 Å².